The average molecular weight is 749 g/mol. The van der Waals surface area contributed by atoms with E-state index >= 15 is 0 Å². The van der Waals surface area contributed by atoms with Crippen molar-refractivity contribution in [3.05, 3.63) is 36.0 Å². The third-order valence-corrected chi connectivity index (χ3v) is 21.4. The third kappa shape index (κ3) is 11.6. The Morgan fingerprint density at radius 3 is 2.24 bits per heavy atom. The largest absolute Gasteiger partial charge is 0.509 e. The SMILES string of the molecule is CCC(O[Si](C)(C)C(C)(C)C)C(C)C1OC1CC(C)/C=C/C=C(\C)C1OC(=O)CC(O[Si](C)(C)C(C)(C)C)CCC2(C)OC(=O)OC2/C=C/C1C. The van der Waals surface area contributed by atoms with Gasteiger partial charge in [-0.3, -0.25) is 4.79 Å². The maximum Gasteiger partial charge on any atom is 0.509 e. The first-order valence-corrected chi connectivity index (χ1v) is 25.3. The summed E-state index contributed by atoms with van der Waals surface area (Å²) in [7, 11) is -4.06. The van der Waals surface area contributed by atoms with Crippen LogP contribution < -0.4 is 0 Å². The molecule has 51 heavy (non-hydrogen) atoms. The van der Waals surface area contributed by atoms with Gasteiger partial charge < -0.3 is 27.8 Å². The summed E-state index contributed by atoms with van der Waals surface area (Å²) >= 11 is 0. The quantitative estimate of drug-likeness (QED) is 0.0640. The van der Waals surface area contributed by atoms with Crippen LogP contribution in [0, 0.1) is 17.8 Å². The maximum atomic E-state index is 13.6. The summed E-state index contributed by atoms with van der Waals surface area (Å²) in [5.41, 5.74) is 0.0928. The fourth-order valence-electron chi connectivity index (χ4n) is 6.62. The average Bonchev–Trinajstić information content (AvgIpc) is 3.68. The van der Waals surface area contributed by atoms with Crippen molar-refractivity contribution in [1.29, 1.82) is 0 Å². The van der Waals surface area contributed by atoms with Gasteiger partial charge in [0.05, 0.1) is 24.7 Å². The molecule has 292 valence electrons. The number of epoxide rings is 1. The highest BCUT2D eigenvalue weighted by atomic mass is 28.4. The Morgan fingerprint density at radius 2 is 1.65 bits per heavy atom. The van der Waals surface area contributed by atoms with Crippen LogP contribution in [0.2, 0.25) is 36.3 Å². The standard InChI is InChI=1S/C41H72O8Si2/c1-17-32(49-51(15,16)40(9,10)11)30(5)37-33(44-37)25-27(2)19-18-20-28(3)36-29(4)21-22-34-41(12,47-38(43)45-34)24-23-31(26-35(42)46-36)48-50(13,14)39(6,7)8/h18-22,27,29-34,36-37H,17,23-26H2,1-16H3/b19-18+,22-21+,28-20+. The van der Waals surface area contributed by atoms with Gasteiger partial charge in [0.2, 0.25) is 0 Å². The van der Waals surface area contributed by atoms with Gasteiger partial charge in [0.15, 0.2) is 28.3 Å². The molecule has 10 heteroatoms. The van der Waals surface area contributed by atoms with Crippen molar-refractivity contribution in [2.24, 2.45) is 17.8 Å². The van der Waals surface area contributed by atoms with Gasteiger partial charge >= 0.3 is 12.1 Å². The Morgan fingerprint density at radius 1 is 1.02 bits per heavy atom. The molecule has 0 aliphatic carbocycles. The number of hydrogen-bond acceptors (Lipinski definition) is 8. The summed E-state index contributed by atoms with van der Waals surface area (Å²) in [6, 6.07) is 0. The molecule has 8 nitrogen and oxygen atoms in total. The van der Waals surface area contributed by atoms with Crippen LogP contribution >= 0.6 is 0 Å². The first-order chi connectivity index (χ1) is 23.3. The number of rotatable bonds is 12. The van der Waals surface area contributed by atoms with E-state index in [2.05, 4.69) is 101 Å². The number of fused-ring (bicyclic) bond motifs is 1. The van der Waals surface area contributed by atoms with E-state index in [1.807, 2.05) is 39.0 Å². The zero-order valence-corrected chi connectivity index (χ0v) is 36.9. The van der Waals surface area contributed by atoms with E-state index in [9.17, 15) is 9.59 Å². The minimum atomic E-state index is -2.20. The fraction of sp³-hybridized carbons (Fsp3) is 0.805. The smallest absolute Gasteiger partial charge is 0.457 e. The monoisotopic (exact) mass is 748 g/mol. The van der Waals surface area contributed by atoms with Crippen molar-refractivity contribution in [1.82, 2.24) is 0 Å². The zero-order chi connectivity index (χ0) is 38.7. The van der Waals surface area contributed by atoms with E-state index < -0.39 is 40.6 Å². The van der Waals surface area contributed by atoms with Crippen LogP contribution in [0.3, 0.4) is 0 Å². The summed E-state index contributed by atoms with van der Waals surface area (Å²) in [6.07, 6.45) is 11.9. The van der Waals surface area contributed by atoms with E-state index in [0.717, 1.165) is 18.4 Å². The lowest BCUT2D eigenvalue weighted by atomic mass is 9.89. The van der Waals surface area contributed by atoms with Crippen LogP contribution in [0.1, 0.15) is 115 Å². The Hall–Kier alpha value is -1.73. The van der Waals surface area contributed by atoms with Crippen molar-refractivity contribution in [2.75, 3.05) is 0 Å². The molecule has 3 aliphatic rings. The molecular formula is C41H72O8Si2. The van der Waals surface area contributed by atoms with Gasteiger partial charge in [-0.2, -0.15) is 0 Å². The van der Waals surface area contributed by atoms with Gasteiger partial charge in [0.1, 0.15) is 6.10 Å². The van der Waals surface area contributed by atoms with E-state index in [1.165, 1.54) is 0 Å². The minimum absolute atomic E-state index is 0.0274. The first kappa shape index (κ1) is 43.7. The normalized spacial score (nSPS) is 32.5. The van der Waals surface area contributed by atoms with Crippen molar-refractivity contribution in [2.45, 2.75) is 194 Å². The number of hydrogen-bond donors (Lipinski definition) is 0. The summed E-state index contributed by atoms with van der Waals surface area (Å²) < 4.78 is 37.3. The molecule has 2 saturated heterocycles. The molecule has 0 aromatic heterocycles. The Labute approximate surface area is 312 Å². The predicted molar refractivity (Wildman–Crippen MR) is 211 cm³/mol. The van der Waals surface area contributed by atoms with E-state index in [-0.39, 0.29) is 52.8 Å². The van der Waals surface area contributed by atoms with Crippen LogP contribution in [-0.4, -0.2) is 71.0 Å². The summed E-state index contributed by atoms with van der Waals surface area (Å²) in [5.74, 6) is 0.213. The minimum Gasteiger partial charge on any atom is -0.457 e. The predicted octanol–water partition coefficient (Wildman–Crippen LogP) is 10.7. The second-order valence-electron chi connectivity index (χ2n) is 18.9. The molecular weight excluding hydrogens is 677 g/mol. The molecule has 0 saturated carbocycles. The Kier molecular flexibility index (Phi) is 14.3. The molecule has 2 fully saturated rings. The van der Waals surface area contributed by atoms with Crippen LogP contribution in [0.4, 0.5) is 4.79 Å². The molecule has 3 heterocycles. The Balaban J connectivity index is 1.72. The molecule has 0 aromatic carbocycles. The number of carbonyl (C=O) groups excluding carboxylic acids is 2. The Bertz CT molecular complexity index is 1290. The summed E-state index contributed by atoms with van der Waals surface area (Å²) in [4.78, 5) is 25.9. The van der Waals surface area contributed by atoms with Gasteiger partial charge in [-0.05, 0) is 93.4 Å². The number of carbonyl (C=O) groups is 2. The summed E-state index contributed by atoms with van der Waals surface area (Å²) in [6.45, 7) is 35.1. The van der Waals surface area contributed by atoms with Crippen LogP contribution in [0.25, 0.3) is 0 Å². The highest BCUT2D eigenvalue weighted by Gasteiger charge is 2.49. The van der Waals surface area contributed by atoms with Gasteiger partial charge in [-0.1, -0.05) is 93.5 Å². The maximum absolute atomic E-state index is 13.6. The lowest BCUT2D eigenvalue weighted by Crippen LogP contribution is -2.46. The van der Waals surface area contributed by atoms with E-state index in [0.29, 0.717) is 24.7 Å². The second-order valence-corrected chi connectivity index (χ2v) is 28.4. The van der Waals surface area contributed by atoms with Gasteiger partial charge in [-0.25, -0.2) is 4.79 Å². The molecule has 0 aromatic rings. The number of ether oxygens (including phenoxy) is 4. The molecule has 10 atom stereocenters. The van der Waals surface area contributed by atoms with Gasteiger partial charge in [0, 0.05) is 17.9 Å². The summed E-state index contributed by atoms with van der Waals surface area (Å²) in [5, 5.41) is 0.150. The van der Waals surface area contributed by atoms with Crippen LogP contribution in [0.5, 0.6) is 0 Å². The first-order valence-electron chi connectivity index (χ1n) is 19.4. The highest BCUT2D eigenvalue weighted by Crippen LogP contribution is 2.43. The molecule has 0 amide bonds. The van der Waals surface area contributed by atoms with Gasteiger partial charge in [0.25, 0.3) is 0 Å². The molecule has 0 radical (unpaired) electrons. The van der Waals surface area contributed by atoms with Crippen molar-refractivity contribution >= 4 is 28.8 Å². The van der Waals surface area contributed by atoms with Crippen molar-refractivity contribution in [3.8, 4) is 0 Å². The molecule has 10 unspecified atom stereocenters. The van der Waals surface area contributed by atoms with Crippen molar-refractivity contribution < 1.29 is 37.4 Å². The molecule has 0 N–H and O–H groups in total. The van der Waals surface area contributed by atoms with Crippen molar-refractivity contribution in [3.63, 3.8) is 0 Å². The van der Waals surface area contributed by atoms with Gasteiger partial charge in [-0.15, -0.1) is 0 Å². The second kappa shape index (κ2) is 16.7. The molecule has 3 rings (SSSR count). The molecule has 3 aliphatic heterocycles. The third-order valence-electron chi connectivity index (χ3n) is 12.3. The number of esters is 1. The zero-order valence-electron chi connectivity index (χ0n) is 34.9. The molecule has 0 spiro atoms. The topological polar surface area (TPSA) is 92.8 Å². The molecule has 0 bridgehead atoms. The van der Waals surface area contributed by atoms with E-state index in [1.54, 1.807) is 0 Å². The lowest BCUT2D eigenvalue weighted by Gasteiger charge is -2.40. The van der Waals surface area contributed by atoms with E-state index in [4.69, 9.17) is 27.8 Å². The number of cyclic esters (lactones) is 1. The highest BCUT2D eigenvalue weighted by molar-refractivity contribution is 6.74. The van der Waals surface area contributed by atoms with Crippen LogP contribution in [0.15, 0.2) is 36.0 Å². The fourth-order valence-corrected chi connectivity index (χ4v) is 9.50. The van der Waals surface area contributed by atoms with Crippen LogP contribution in [-0.2, 0) is 32.6 Å². The number of allylic oxidation sites excluding steroid dienone is 3. The lowest BCUT2D eigenvalue weighted by molar-refractivity contribution is -0.151.